The van der Waals surface area contributed by atoms with Crippen molar-refractivity contribution in [2.24, 2.45) is 11.7 Å². The lowest BCUT2D eigenvalue weighted by molar-refractivity contribution is -0.311. The molecule has 1 aliphatic rings. The lowest BCUT2D eigenvalue weighted by Gasteiger charge is -2.46. The number of ether oxygens (including phenoxy) is 2. The normalized spacial score (nSPS) is 22.4. The van der Waals surface area contributed by atoms with E-state index < -0.39 is 53.3 Å². The largest absolute Gasteiger partial charge is 0.508 e. The van der Waals surface area contributed by atoms with Crippen LogP contribution < -0.4 is 26.5 Å². The number of primary amides is 1. The highest BCUT2D eigenvalue weighted by Crippen LogP contribution is 2.34. The van der Waals surface area contributed by atoms with Crippen LogP contribution in [0.2, 0.25) is 0 Å². The van der Waals surface area contributed by atoms with Gasteiger partial charge in [0, 0.05) is 12.6 Å². The molecule has 0 aliphatic carbocycles. The summed E-state index contributed by atoms with van der Waals surface area (Å²) in [5, 5.41) is 59.1. The summed E-state index contributed by atoms with van der Waals surface area (Å²) in [5.41, 5.74) is 3.73. The Bertz CT molecular complexity index is 1930. The number of phenolic OH excluding ortho intramolecular Hbond substituents is 1. The van der Waals surface area contributed by atoms with Crippen molar-refractivity contribution in [3.05, 3.63) is 100 Å². The average Bonchev–Trinajstić information content (AvgIpc) is 3.13. The third kappa shape index (κ3) is 8.67. The van der Waals surface area contributed by atoms with Crippen molar-refractivity contribution in [2.75, 3.05) is 26.7 Å². The molecule has 0 radical (unpaired) electrons. The Labute approximate surface area is 299 Å². The van der Waals surface area contributed by atoms with Gasteiger partial charge in [-0.05, 0) is 80.7 Å². The highest BCUT2D eigenvalue weighted by atomic mass is 16.7. The van der Waals surface area contributed by atoms with Crippen LogP contribution in [0.25, 0.3) is 28.2 Å². The molecular formula is C38H43N3O11. The first-order valence-electron chi connectivity index (χ1n) is 16.8. The molecule has 4 aromatic rings. The first kappa shape index (κ1) is 38.1. The number of aliphatic hydroxyl groups is 3. The van der Waals surface area contributed by atoms with Gasteiger partial charge >= 0.3 is 5.97 Å². The number of carbonyl (C=O) groups is 2. The summed E-state index contributed by atoms with van der Waals surface area (Å²) in [6, 6.07) is 19.3. The topological polar surface area (TPSA) is 234 Å². The fourth-order valence-electron chi connectivity index (χ4n) is 6.17. The van der Waals surface area contributed by atoms with Crippen LogP contribution in [-0.4, -0.2) is 94.3 Å². The smallest absolute Gasteiger partial charge is 0.335 e. The standard InChI is InChI=1S/C38H43N3O11/c1-40-18-16-23(9-5-8-22-6-3-2-4-7-22)17-19-41-21-38(49)34(45)31(44)33(36(47)48)52-37(38)50-26-14-15-27-28(20-26)51-32(35(39)46)29(30(27)43)24-10-12-25(42)13-11-24/h2-8,10-15,20,23,31,33-34,37,40-42,44-45,49H,9,16-19,21H2,1H3,(H2,39,46)(H,47,48)/b8-5-/t23-,31-,33+,34+,37-,38-/m1/s1. The monoisotopic (exact) mass is 717 g/mol. The number of hydrogen-bond donors (Lipinski definition) is 8. The summed E-state index contributed by atoms with van der Waals surface area (Å²) in [6.45, 7) is 0.837. The van der Waals surface area contributed by atoms with Gasteiger partial charge in [0.15, 0.2) is 11.7 Å². The van der Waals surface area contributed by atoms with Crippen LogP contribution in [0, 0.1) is 5.92 Å². The van der Waals surface area contributed by atoms with Gasteiger partial charge < -0.3 is 55.8 Å². The Hall–Kier alpha value is -5.09. The number of benzene rings is 3. The zero-order valence-corrected chi connectivity index (χ0v) is 28.5. The number of carboxylic acids is 1. The first-order chi connectivity index (χ1) is 24.9. The maximum atomic E-state index is 13.5. The molecule has 14 heteroatoms. The SMILES string of the molecule is CNCC[C@@H](C/C=C\c1ccccc1)CCNC[C@]1(O)[C@H](Oc2ccc3c(=O)c(-c4ccc(O)cc4)c(C(N)=O)oc3c2)O[C@H](C(=O)O)[C@@H](O)[C@@H]1O. The Morgan fingerprint density at radius 2 is 1.75 bits per heavy atom. The molecular weight excluding hydrogens is 674 g/mol. The van der Waals surface area contributed by atoms with Crippen molar-refractivity contribution in [1.82, 2.24) is 10.6 Å². The number of amides is 1. The Morgan fingerprint density at radius 1 is 1.04 bits per heavy atom. The molecule has 3 aromatic carbocycles. The molecule has 1 aromatic heterocycles. The number of aromatic hydroxyl groups is 1. The van der Waals surface area contributed by atoms with Gasteiger partial charge in [0.05, 0.1) is 10.9 Å². The molecule has 1 saturated heterocycles. The second-order valence-electron chi connectivity index (χ2n) is 12.7. The number of fused-ring (bicyclic) bond motifs is 1. The number of hydrogen-bond acceptors (Lipinski definition) is 12. The van der Waals surface area contributed by atoms with E-state index in [0.717, 1.165) is 24.9 Å². The van der Waals surface area contributed by atoms with Crippen molar-refractivity contribution in [3.63, 3.8) is 0 Å². The summed E-state index contributed by atoms with van der Waals surface area (Å²) >= 11 is 0. The van der Waals surface area contributed by atoms with E-state index in [4.69, 9.17) is 19.6 Å². The predicted molar refractivity (Wildman–Crippen MR) is 192 cm³/mol. The molecule has 52 heavy (non-hydrogen) atoms. The van der Waals surface area contributed by atoms with Gasteiger partial charge in [0.2, 0.25) is 17.5 Å². The number of allylic oxidation sites excluding steroid dienone is 1. The molecule has 1 aliphatic heterocycles. The minimum absolute atomic E-state index is 0.0345. The summed E-state index contributed by atoms with van der Waals surface area (Å²) in [6.07, 6.45) is -1.25. The quantitative estimate of drug-likeness (QED) is 0.0778. The number of nitrogens with one attached hydrogen (secondary N) is 2. The summed E-state index contributed by atoms with van der Waals surface area (Å²) in [5.74, 6) is -2.96. The Morgan fingerprint density at radius 3 is 2.42 bits per heavy atom. The molecule has 1 amide bonds. The van der Waals surface area contributed by atoms with E-state index in [9.17, 15) is 39.9 Å². The lowest BCUT2D eigenvalue weighted by atomic mass is 9.86. The van der Waals surface area contributed by atoms with Crippen molar-refractivity contribution in [2.45, 2.75) is 49.5 Å². The van der Waals surface area contributed by atoms with E-state index in [0.29, 0.717) is 13.0 Å². The van der Waals surface area contributed by atoms with E-state index in [1.807, 2.05) is 37.4 Å². The molecule has 14 nitrogen and oxygen atoms in total. The molecule has 6 atom stereocenters. The van der Waals surface area contributed by atoms with Crippen molar-refractivity contribution >= 4 is 28.9 Å². The van der Waals surface area contributed by atoms with Gasteiger partial charge in [0.25, 0.3) is 5.91 Å². The van der Waals surface area contributed by atoms with Crippen LogP contribution in [0.4, 0.5) is 0 Å². The number of rotatable bonds is 16. The van der Waals surface area contributed by atoms with E-state index >= 15 is 0 Å². The average molecular weight is 718 g/mol. The summed E-state index contributed by atoms with van der Waals surface area (Å²) in [7, 11) is 1.87. The number of phenols is 1. The molecule has 5 rings (SSSR count). The zero-order chi connectivity index (χ0) is 37.4. The van der Waals surface area contributed by atoms with Crippen LogP contribution in [0.3, 0.4) is 0 Å². The van der Waals surface area contributed by atoms with Crippen LogP contribution >= 0.6 is 0 Å². The lowest BCUT2D eigenvalue weighted by Crippen LogP contribution is -2.71. The molecule has 0 saturated carbocycles. The highest BCUT2D eigenvalue weighted by Gasteiger charge is 2.58. The first-order valence-corrected chi connectivity index (χ1v) is 16.8. The third-order valence-corrected chi connectivity index (χ3v) is 9.07. The second-order valence-corrected chi connectivity index (χ2v) is 12.7. The molecule has 1 fully saturated rings. The van der Waals surface area contributed by atoms with Gasteiger partial charge in [-0.15, -0.1) is 0 Å². The highest BCUT2D eigenvalue weighted by molar-refractivity contribution is 5.99. The maximum Gasteiger partial charge on any atom is 0.335 e. The van der Waals surface area contributed by atoms with E-state index in [-0.39, 0.29) is 46.1 Å². The van der Waals surface area contributed by atoms with Gasteiger partial charge in [-0.25, -0.2) is 4.79 Å². The maximum absolute atomic E-state index is 13.5. The second kappa shape index (κ2) is 17.0. The fraction of sp³-hybridized carbons (Fsp3) is 0.342. The van der Waals surface area contributed by atoms with Crippen LogP contribution in [0.15, 0.2) is 88.1 Å². The number of aliphatic hydroxyl groups excluding tert-OH is 2. The van der Waals surface area contributed by atoms with Gasteiger partial charge in [0.1, 0.15) is 29.3 Å². The fourth-order valence-corrected chi connectivity index (χ4v) is 6.17. The van der Waals surface area contributed by atoms with Gasteiger partial charge in [-0.1, -0.05) is 54.6 Å². The van der Waals surface area contributed by atoms with Crippen molar-refractivity contribution < 1.29 is 49.0 Å². The predicted octanol–water partition coefficient (Wildman–Crippen LogP) is 2.21. The van der Waals surface area contributed by atoms with Crippen LogP contribution in [0.1, 0.15) is 35.4 Å². The molecule has 2 heterocycles. The van der Waals surface area contributed by atoms with Crippen molar-refractivity contribution in [1.29, 1.82) is 0 Å². The zero-order valence-electron chi connectivity index (χ0n) is 28.5. The molecule has 0 spiro atoms. The van der Waals surface area contributed by atoms with Gasteiger partial charge in [-0.3, -0.25) is 9.59 Å². The summed E-state index contributed by atoms with van der Waals surface area (Å²) in [4.78, 5) is 37.8. The van der Waals surface area contributed by atoms with Crippen molar-refractivity contribution in [3.8, 4) is 22.6 Å². The number of nitrogens with two attached hydrogens (primary N) is 1. The minimum Gasteiger partial charge on any atom is -0.508 e. The summed E-state index contributed by atoms with van der Waals surface area (Å²) < 4.78 is 17.2. The number of carbonyl (C=O) groups excluding carboxylic acids is 1. The molecule has 276 valence electrons. The van der Waals surface area contributed by atoms with E-state index in [1.165, 1.54) is 42.5 Å². The Balaban J connectivity index is 1.36. The van der Waals surface area contributed by atoms with Gasteiger partial charge in [-0.2, -0.15) is 0 Å². The Kier molecular flexibility index (Phi) is 12.4. The third-order valence-electron chi connectivity index (χ3n) is 9.07. The van der Waals surface area contributed by atoms with Crippen LogP contribution in [-0.2, 0) is 9.53 Å². The molecule has 9 N–H and O–H groups in total. The van der Waals surface area contributed by atoms with E-state index in [2.05, 4.69) is 22.8 Å². The number of aliphatic carboxylic acids is 1. The molecule has 0 unspecified atom stereocenters. The number of carboxylic acid groups (broad SMARTS) is 1. The molecule has 0 bridgehead atoms. The van der Waals surface area contributed by atoms with Crippen LogP contribution in [0.5, 0.6) is 11.5 Å². The van der Waals surface area contributed by atoms with E-state index in [1.54, 1.807) is 0 Å². The minimum atomic E-state index is -2.35.